The van der Waals surface area contributed by atoms with Crippen LogP contribution in [-0.2, 0) is 0 Å². The minimum absolute atomic E-state index is 0.473. The van der Waals surface area contributed by atoms with E-state index < -0.39 is 13.3 Å². The van der Waals surface area contributed by atoms with Gasteiger partial charge in [0.05, 0.1) is 0 Å². The van der Waals surface area contributed by atoms with Crippen molar-refractivity contribution in [2.75, 3.05) is 13.1 Å². The van der Waals surface area contributed by atoms with Crippen LogP contribution in [0.2, 0.25) is 16.6 Å². The molecule has 1 saturated heterocycles. The molecule has 3 nitrogen and oxygen atoms in total. The predicted molar refractivity (Wildman–Crippen MR) is 120 cm³/mol. The molecule has 1 aromatic carbocycles. The van der Waals surface area contributed by atoms with Crippen LogP contribution in [0.4, 0.5) is 4.79 Å². The molecular formula is C22H37NO2SSi. The summed E-state index contributed by atoms with van der Waals surface area (Å²) in [5, 5.41) is 9.26. The van der Waals surface area contributed by atoms with E-state index in [9.17, 15) is 9.90 Å². The SMILES string of the molecule is Cc1ccc(S[Si](C(C)C)(C(C)C)C(C)C)c(C2CCN(C(=O)O)CC2)c1. The molecule has 1 aliphatic rings. The van der Waals surface area contributed by atoms with Gasteiger partial charge in [0, 0.05) is 18.0 Å². The molecule has 0 spiro atoms. The van der Waals surface area contributed by atoms with E-state index in [0.29, 0.717) is 35.6 Å². The summed E-state index contributed by atoms with van der Waals surface area (Å²) in [5.74, 6) is 0.473. The van der Waals surface area contributed by atoms with Crippen molar-refractivity contribution in [1.29, 1.82) is 0 Å². The molecule has 1 aromatic rings. The van der Waals surface area contributed by atoms with Gasteiger partial charge in [-0.3, -0.25) is 0 Å². The van der Waals surface area contributed by atoms with Crippen molar-refractivity contribution in [3.05, 3.63) is 29.3 Å². The highest BCUT2D eigenvalue weighted by molar-refractivity contribution is 8.29. The fourth-order valence-electron chi connectivity index (χ4n) is 5.01. The molecule has 0 bridgehead atoms. The Morgan fingerprint density at radius 2 is 1.59 bits per heavy atom. The summed E-state index contributed by atoms with van der Waals surface area (Å²) < 4.78 is 0. The molecule has 0 aliphatic carbocycles. The van der Waals surface area contributed by atoms with Gasteiger partial charge in [-0.15, -0.1) is 11.2 Å². The van der Waals surface area contributed by atoms with Gasteiger partial charge in [-0.05, 0) is 53.9 Å². The number of aryl methyl sites for hydroxylation is 1. The number of benzene rings is 1. The molecule has 0 saturated carbocycles. The highest BCUT2D eigenvalue weighted by atomic mass is 32.4. The zero-order chi connectivity index (χ0) is 20.4. The van der Waals surface area contributed by atoms with Gasteiger partial charge in [-0.1, -0.05) is 59.2 Å². The molecule has 0 radical (unpaired) electrons. The van der Waals surface area contributed by atoms with Crippen molar-refractivity contribution in [2.45, 2.75) is 88.7 Å². The van der Waals surface area contributed by atoms with E-state index in [2.05, 4.69) is 77.9 Å². The molecule has 1 N–H and O–H groups in total. The molecule has 152 valence electrons. The molecule has 0 unspecified atom stereocenters. The van der Waals surface area contributed by atoms with Gasteiger partial charge < -0.3 is 10.0 Å². The first-order valence-corrected chi connectivity index (χ1v) is 14.1. The topological polar surface area (TPSA) is 40.5 Å². The van der Waals surface area contributed by atoms with Crippen LogP contribution in [-0.4, -0.2) is 36.4 Å². The van der Waals surface area contributed by atoms with Gasteiger partial charge in [0.25, 0.3) is 0 Å². The Balaban J connectivity index is 2.37. The number of likely N-dealkylation sites (tertiary alicyclic amines) is 1. The maximum Gasteiger partial charge on any atom is 0.407 e. The van der Waals surface area contributed by atoms with Crippen molar-refractivity contribution < 1.29 is 9.90 Å². The number of hydrogen-bond acceptors (Lipinski definition) is 2. The Hall–Kier alpha value is -0.943. The second kappa shape index (κ2) is 9.04. The van der Waals surface area contributed by atoms with Crippen molar-refractivity contribution in [3.63, 3.8) is 0 Å². The van der Waals surface area contributed by atoms with E-state index >= 15 is 0 Å². The van der Waals surface area contributed by atoms with Crippen LogP contribution in [0.3, 0.4) is 0 Å². The van der Waals surface area contributed by atoms with Crippen LogP contribution in [0.15, 0.2) is 23.1 Å². The summed E-state index contributed by atoms with van der Waals surface area (Å²) in [6, 6.07) is 6.95. The molecular weight excluding hydrogens is 370 g/mol. The zero-order valence-electron chi connectivity index (χ0n) is 18.1. The lowest BCUT2D eigenvalue weighted by atomic mass is 9.89. The molecule has 1 heterocycles. The minimum Gasteiger partial charge on any atom is -0.465 e. The van der Waals surface area contributed by atoms with E-state index in [0.717, 1.165) is 12.8 Å². The second-order valence-electron chi connectivity index (χ2n) is 9.00. The average Bonchev–Trinajstić information content (AvgIpc) is 2.59. The summed E-state index contributed by atoms with van der Waals surface area (Å²) >= 11 is 2.21. The molecule has 1 aliphatic heterocycles. The Labute approximate surface area is 170 Å². The number of piperidine rings is 1. The van der Waals surface area contributed by atoms with Crippen LogP contribution in [0.1, 0.15) is 71.4 Å². The predicted octanol–water partition coefficient (Wildman–Crippen LogP) is 7.12. The van der Waals surface area contributed by atoms with Crippen molar-refractivity contribution >= 4 is 24.5 Å². The first kappa shape index (κ1) is 22.3. The Morgan fingerprint density at radius 3 is 2.04 bits per heavy atom. The Morgan fingerprint density at radius 1 is 1.07 bits per heavy atom. The van der Waals surface area contributed by atoms with Gasteiger partial charge in [-0.2, -0.15) is 0 Å². The van der Waals surface area contributed by atoms with Crippen LogP contribution in [0.5, 0.6) is 0 Å². The maximum atomic E-state index is 11.3. The lowest BCUT2D eigenvalue weighted by Gasteiger charge is -2.43. The summed E-state index contributed by atoms with van der Waals surface area (Å²) in [4.78, 5) is 14.3. The van der Waals surface area contributed by atoms with E-state index in [4.69, 9.17) is 0 Å². The standard InChI is InChI=1S/C22H37NO2SSi/c1-15(2)27(16(3)4,17(5)6)26-21-9-8-18(7)14-20(21)19-10-12-23(13-11-19)22(24)25/h8-9,14-17,19H,10-13H2,1-7H3,(H,24,25). The Bertz CT molecular complexity index is 630. The molecule has 5 heteroatoms. The Kier molecular flexibility index (Phi) is 7.48. The monoisotopic (exact) mass is 407 g/mol. The zero-order valence-corrected chi connectivity index (χ0v) is 19.9. The van der Waals surface area contributed by atoms with E-state index in [1.807, 2.05) is 0 Å². The number of rotatable bonds is 6. The smallest absolute Gasteiger partial charge is 0.407 e. The largest absolute Gasteiger partial charge is 0.465 e. The maximum absolute atomic E-state index is 11.3. The van der Waals surface area contributed by atoms with Crippen molar-refractivity contribution in [3.8, 4) is 0 Å². The first-order valence-electron chi connectivity index (χ1n) is 10.4. The molecule has 2 rings (SSSR count). The fraction of sp³-hybridized carbons (Fsp3) is 0.682. The third kappa shape index (κ3) is 4.73. The lowest BCUT2D eigenvalue weighted by Crippen LogP contribution is -2.41. The summed E-state index contributed by atoms with van der Waals surface area (Å²) in [6.07, 6.45) is 1.09. The number of hydrogen-bond donors (Lipinski definition) is 1. The van der Waals surface area contributed by atoms with Crippen molar-refractivity contribution in [2.24, 2.45) is 0 Å². The summed E-state index contributed by atoms with van der Waals surface area (Å²) in [7, 11) is -1.60. The minimum atomic E-state index is -1.60. The van der Waals surface area contributed by atoms with E-state index in [-0.39, 0.29) is 0 Å². The molecule has 0 atom stereocenters. The number of nitrogens with zero attached hydrogens (tertiary/aromatic N) is 1. The first-order chi connectivity index (χ1) is 12.6. The number of carboxylic acid groups (broad SMARTS) is 1. The van der Waals surface area contributed by atoms with Gasteiger partial charge in [0.15, 0.2) is 0 Å². The van der Waals surface area contributed by atoms with Crippen LogP contribution in [0, 0.1) is 6.92 Å². The molecule has 27 heavy (non-hydrogen) atoms. The molecule has 0 aromatic heterocycles. The number of amides is 1. The van der Waals surface area contributed by atoms with Crippen LogP contribution >= 0.6 is 11.2 Å². The fourth-order valence-corrected chi connectivity index (χ4v) is 14.4. The quantitative estimate of drug-likeness (QED) is 0.510. The van der Waals surface area contributed by atoms with Gasteiger partial charge in [0.2, 0.25) is 0 Å². The lowest BCUT2D eigenvalue weighted by molar-refractivity contribution is 0.132. The second-order valence-corrected chi connectivity index (χ2v) is 17.6. The molecule has 1 amide bonds. The summed E-state index contributed by atoms with van der Waals surface area (Å²) in [6.45, 7) is 18.0. The van der Waals surface area contributed by atoms with Gasteiger partial charge in [0.1, 0.15) is 7.22 Å². The van der Waals surface area contributed by atoms with Crippen LogP contribution < -0.4 is 0 Å². The normalized spacial score (nSPS) is 16.6. The highest BCUT2D eigenvalue weighted by Gasteiger charge is 2.44. The molecule has 1 fully saturated rings. The summed E-state index contributed by atoms with van der Waals surface area (Å²) in [5.41, 5.74) is 4.91. The van der Waals surface area contributed by atoms with Crippen LogP contribution in [0.25, 0.3) is 0 Å². The average molecular weight is 408 g/mol. The highest BCUT2D eigenvalue weighted by Crippen LogP contribution is 2.53. The van der Waals surface area contributed by atoms with E-state index in [1.165, 1.54) is 16.0 Å². The van der Waals surface area contributed by atoms with E-state index in [1.54, 1.807) is 4.90 Å². The third-order valence-corrected chi connectivity index (χ3v) is 18.7. The third-order valence-electron chi connectivity index (χ3n) is 6.36. The van der Waals surface area contributed by atoms with Gasteiger partial charge in [-0.25, -0.2) is 4.79 Å². The number of carbonyl (C=O) groups is 1. The van der Waals surface area contributed by atoms with Crippen molar-refractivity contribution in [1.82, 2.24) is 4.90 Å². The van der Waals surface area contributed by atoms with Gasteiger partial charge >= 0.3 is 6.09 Å².